The maximum absolute atomic E-state index is 12.1. The molecule has 72 valence electrons. The van der Waals surface area contributed by atoms with Gasteiger partial charge in [-0.15, -0.1) is 0 Å². The highest BCUT2D eigenvalue weighted by Crippen LogP contribution is 2.22. The predicted molar refractivity (Wildman–Crippen MR) is 45.5 cm³/mol. The Hall–Kier alpha value is -0.180. The van der Waals surface area contributed by atoms with E-state index in [1.807, 2.05) is 18.7 Å². The van der Waals surface area contributed by atoms with E-state index in [1.54, 1.807) is 0 Å². The standard InChI is InChI=1S/C9H17F2N/c1-7-4-3-5-8(2)12(7)6-9(10)11/h7-9H,3-6H2,1-2H3/t7-,8+. The summed E-state index contributed by atoms with van der Waals surface area (Å²) in [5, 5.41) is 0. The fourth-order valence-electron chi connectivity index (χ4n) is 1.99. The lowest BCUT2D eigenvalue weighted by Gasteiger charge is -2.38. The Morgan fingerprint density at radius 2 is 1.75 bits per heavy atom. The van der Waals surface area contributed by atoms with Crippen molar-refractivity contribution < 1.29 is 8.78 Å². The molecule has 1 fully saturated rings. The van der Waals surface area contributed by atoms with Crippen molar-refractivity contribution in [3.63, 3.8) is 0 Å². The minimum absolute atomic E-state index is 0.0532. The van der Waals surface area contributed by atoms with Crippen LogP contribution in [0.2, 0.25) is 0 Å². The second-order valence-electron chi connectivity index (χ2n) is 3.72. The van der Waals surface area contributed by atoms with E-state index in [9.17, 15) is 8.78 Å². The van der Waals surface area contributed by atoms with Gasteiger partial charge < -0.3 is 0 Å². The van der Waals surface area contributed by atoms with Gasteiger partial charge in [0, 0.05) is 12.1 Å². The van der Waals surface area contributed by atoms with E-state index in [4.69, 9.17) is 0 Å². The van der Waals surface area contributed by atoms with Crippen LogP contribution < -0.4 is 0 Å². The van der Waals surface area contributed by atoms with E-state index in [0.29, 0.717) is 12.1 Å². The third-order valence-corrected chi connectivity index (χ3v) is 2.72. The molecule has 0 aromatic carbocycles. The molecule has 2 atom stereocenters. The molecular weight excluding hydrogens is 160 g/mol. The number of hydrogen-bond acceptors (Lipinski definition) is 1. The van der Waals surface area contributed by atoms with Crippen LogP contribution in [0.15, 0.2) is 0 Å². The molecule has 1 saturated heterocycles. The monoisotopic (exact) mass is 177 g/mol. The molecule has 0 aliphatic carbocycles. The summed E-state index contributed by atoms with van der Waals surface area (Å²) in [5.41, 5.74) is 0. The molecule has 0 aromatic heterocycles. The highest BCUT2D eigenvalue weighted by Gasteiger charge is 2.26. The van der Waals surface area contributed by atoms with E-state index in [0.717, 1.165) is 12.8 Å². The van der Waals surface area contributed by atoms with Crippen molar-refractivity contribution in [1.29, 1.82) is 0 Å². The third kappa shape index (κ3) is 2.41. The molecule has 0 radical (unpaired) electrons. The van der Waals surface area contributed by atoms with Crippen molar-refractivity contribution in [2.45, 2.75) is 51.6 Å². The van der Waals surface area contributed by atoms with Gasteiger partial charge in [-0.1, -0.05) is 6.42 Å². The van der Waals surface area contributed by atoms with Crippen LogP contribution in [0.4, 0.5) is 8.78 Å². The third-order valence-electron chi connectivity index (χ3n) is 2.72. The van der Waals surface area contributed by atoms with E-state index < -0.39 is 6.43 Å². The van der Waals surface area contributed by atoms with Gasteiger partial charge in [-0.05, 0) is 26.7 Å². The van der Waals surface area contributed by atoms with Gasteiger partial charge in [0.25, 0.3) is 6.43 Å². The molecule has 1 aliphatic rings. The minimum Gasteiger partial charge on any atom is -0.292 e. The van der Waals surface area contributed by atoms with E-state index in [-0.39, 0.29) is 6.54 Å². The van der Waals surface area contributed by atoms with Crippen LogP contribution in [0.25, 0.3) is 0 Å². The highest BCUT2D eigenvalue weighted by molar-refractivity contribution is 4.79. The maximum atomic E-state index is 12.1. The predicted octanol–water partition coefficient (Wildman–Crippen LogP) is 2.51. The number of alkyl halides is 2. The molecule has 1 heterocycles. The average Bonchev–Trinajstić information content (AvgIpc) is 1.97. The average molecular weight is 177 g/mol. The van der Waals surface area contributed by atoms with E-state index >= 15 is 0 Å². The molecule has 1 aliphatic heterocycles. The lowest BCUT2D eigenvalue weighted by Crippen LogP contribution is -2.45. The molecule has 0 saturated carbocycles. The zero-order chi connectivity index (χ0) is 9.14. The normalized spacial score (nSPS) is 32.8. The van der Waals surface area contributed by atoms with Crippen LogP contribution in [0.3, 0.4) is 0 Å². The molecule has 12 heavy (non-hydrogen) atoms. The van der Waals surface area contributed by atoms with Crippen LogP contribution in [-0.2, 0) is 0 Å². The highest BCUT2D eigenvalue weighted by atomic mass is 19.3. The van der Waals surface area contributed by atoms with Crippen LogP contribution in [-0.4, -0.2) is 30.0 Å². The lowest BCUT2D eigenvalue weighted by atomic mass is 9.98. The summed E-state index contributed by atoms with van der Waals surface area (Å²) in [4.78, 5) is 1.92. The van der Waals surface area contributed by atoms with E-state index in [1.165, 1.54) is 6.42 Å². The first-order valence-corrected chi connectivity index (χ1v) is 4.65. The van der Waals surface area contributed by atoms with Crippen LogP contribution >= 0.6 is 0 Å². The van der Waals surface area contributed by atoms with Gasteiger partial charge in [-0.2, -0.15) is 0 Å². The summed E-state index contributed by atoms with van der Waals surface area (Å²) < 4.78 is 24.2. The van der Waals surface area contributed by atoms with Gasteiger partial charge in [-0.25, -0.2) is 8.78 Å². The Balaban J connectivity index is 2.45. The lowest BCUT2D eigenvalue weighted by molar-refractivity contribution is 0.0264. The van der Waals surface area contributed by atoms with Crippen molar-refractivity contribution in [3.05, 3.63) is 0 Å². The van der Waals surface area contributed by atoms with Gasteiger partial charge in [0.15, 0.2) is 0 Å². The maximum Gasteiger partial charge on any atom is 0.251 e. The molecule has 0 bridgehead atoms. The Kier molecular flexibility index (Phi) is 3.44. The zero-order valence-electron chi connectivity index (χ0n) is 7.76. The minimum atomic E-state index is -2.19. The largest absolute Gasteiger partial charge is 0.292 e. The smallest absolute Gasteiger partial charge is 0.251 e. The molecule has 3 heteroatoms. The Morgan fingerprint density at radius 3 is 2.17 bits per heavy atom. The van der Waals surface area contributed by atoms with Gasteiger partial charge in [-0.3, -0.25) is 4.90 Å². The SMILES string of the molecule is C[C@@H]1CCC[C@H](C)N1CC(F)F. The molecule has 0 aromatic rings. The summed E-state index contributed by atoms with van der Waals surface area (Å²) in [6, 6.07) is 0.672. The summed E-state index contributed by atoms with van der Waals surface area (Å²) in [7, 11) is 0. The van der Waals surface area contributed by atoms with Crippen LogP contribution in [0, 0.1) is 0 Å². The second-order valence-corrected chi connectivity index (χ2v) is 3.72. The number of piperidine rings is 1. The van der Waals surface area contributed by atoms with Gasteiger partial charge in [0.05, 0.1) is 6.54 Å². The van der Waals surface area contributed by atoms with Crippen molar-refractivity contribution in [1.82, 2.24) is 4.90 Å². The van der Waals surface area contributed by atoms with Crippen molar-refractivity contribution in [3.8, 4) is 0 Å². The number of halogens is 2. The molecule has 0 unspecified atom stereocenters. The zero-order valence-corrected chi connectivity index (χ0v) is 7.76. The van der Waals surface area contributed by atoms with Gasteiger partial charge in [0.2, 0.25) is 0 Å². The topological polar surface area (TPSA) is 3.24 Å². The first-order chi connectivity index (χ1) is 5.61. The Bertz CT molecular complexity index is 128. The van der Waals surface area contributed by atoms with Crippen LogP contribution in [0.5, 0.6) is 0 Å². The Morgan fingerprint density at radius 1 is 1.25 bits per heavy atom. The van der Waals surface area contributed by atoms with Gasteiger partial charge in [0.1, 0.15) is 0 Å². The molecule has 0 N–H and O–H groups in total. The quantitative estimate of drug-likeness (QED) is 0.626. The summed E-state index contributed by atoms with van der Waals surface area (Å²) in [6.45, 7) is 4.03. The fourth-order valence-corrected chi connectivity index (χ4v) is 1.99. The molecule has 1 nitrogen and oxygen atoms in total. The van der Waals surface area contributed by atoms with Crippen molar-refractivity contribution in [2.24, 2.45) is 0 Å². The Labute approximate surface area is 72.7 Å². The second kappa shape index (κ2) is 4.17. The van der Waals surface area contributed by atoms with Crippen LogP contribution in [0.1, 0.15) is 33.1 Å². The summed E-state index contributed by atoms with van der Waals surface area (Å²) in [5.74, 6) is 0. The first kappa shape index (κ1) is 9.90. The number of rotatable bonds is 2. The summed E-state index contributed by atoms with van der Waals surface area (Å²) >= 11 is 0. The molecular formula is C9H17F2N. The van der Waals surface area contributed by atoms with Crippen molar-refractivity contribution in [2.75, 3.05) is 6.54 Å². The number of likely N-dealkylation sites (tertiary alicyclic amines) is 1. The van der Waals surface area contributed by atoms with E-state index in [2.05, 4.69) is 0 Å². The molecule has 0 spiro atoms. The van der Waals surface area contributed by atoms with Gasteiger partial charge >= 0.3 is 0 Å². The number of nitrogens with zero attached hydrogens (tertiary/aromatic N) is 1. The number of hydrogen-bond donors (Lipinski definition) is 0. The fraction of sp³-hybridized carbons (Fsp3) is 1.00. The summed E-state index contributed by atoms with van der Waals surface area (Å²) in [6.07, 6.45) is 1.13. The first-order valence-electron chi connectivity index (χ1n) is 4.65. The van der Waals surface area contributed by atoms with Crippen molar-refractivity contribution >= 4 is 0 Å². The molecule has 0 amide bonds. The molecule has 1 rings (SSSR count).